The molecule has 8 atom stereocenters. The minimum absolute atomic E-state index is 0.00157. The number of carbonyl (C=O) groups is 12. The first-order chi connectivity index (χ1) is 45.6. The van der Waals surface area contributed by atoms with E-state index in [4.69, 9.17) is 0 Å². The molecule has 2 saturated carbocycles. The molecule has 0 bridgehead atoms. The zero-order valence-corrected chi connectivity index (χ0v) is 59.0. The van der Waals surface area contributed by atoms with E-state index in [1.807, 2.05) is 34.6 Å². The minimum Gasteiger partial charge on any atom is -0.343 e. The molecule has 4 N–H and O–H groups in total. The lowest BCUT2D eigenvalue weighted by atomic mass is 9.84. The van der Waals surface area contributed by atoms with Crippen LogP contribution < -0.4 is 21.3 Å². The molecule has 1 unspecified atom stereocenters. The van der Waals surface area contributed by atoms with Gasteiger partial charge < -0.3 is 60.5 Å². The molecule has 1 aromatic carbocycles. The van der Waals surface area contributed by atoms with E-state index in [1.54, 1.807) is 11.8 Å². The SMILES string of the molecule is CC[C@H](C)[C@@H]1NC(=O)[C@H](CC(C)C)N(C)C(=O)C[C@@H](C(=O)N2CCCC2)NC(=O)[C@H](CC(C)C)N(C)C(=O)C2(CCCC2)NC(=O)C2CCCN2C(=O)[C@H](CCc2ccc(C(F)(F)F)c(F)c2)NC(=O)CN(C)C(=O)[C@H](CC2CCCCC2)N(C)C(=O)CN(C)C(=O)CN(C)C1=O. The molecule has 12 amide bonds. The Kier molecular flexibility index (Phi) is 28.2. The Balaban J connectivity index is 1.41. The van der Waals surface area contributed by atoms with Gasteiger partial charge in [-0.3, -0.25) is 57.5 Å². The number of benzene rings is 1. The molecule has 1 spiro atoms. The van der Waals surface area contributed by atoms with E-state index < -0.39 is 168 Å². The van der Waals surface area contributed by atoms with Gasteiger partial charge in [-0.1, -0.05) is 99.0 Å². The summed E-state index contributed by atoms with van der Waals surface area (Å²) in [5, 5.41) is 11.4. The number of nitrogens with one attached hydrogen (secondary N) is 4. The summed E-state index contributed by atoms with van der Waals surface area (Å²) in [5.74, 6) is -10.7. The summed E-state index contributed by atoms with van der Waals surface area (Å²) in [7, 11) is 8.33. The molecular weight excluding hydrogens is 1260 g/mol. The predicted octanol–water partition coefficient (Wildman–Crippen LogP) is 4.64. The van der Waals surface area contributed by atoms with Gasteiger partial charge in [-0.2, -0.15) is 13.2 Å². The second kappa shape index (κ2) is 34.9. The first-order valence-electron chi connectivity index (χ1n) is 34.8. The first kappa shape index (κ1) is 78.6. The summed E-state index contributed by atoms with van der Waals surface area (Å²) in [6, 6.07) is -6.71. The van der Waals surface area contributed by atoms with Crippen LogP contribution in [0.4, 0.5) is 17.6 Å². The standard InChI is InChI=1S/C69H106F4N12O12/c1-13-44(6)59-66(96)80(9)40-57(88)78(7)41-58(89)82(11)54(37-45-22-15-14-16-23-45)65(95)79(8)39-55(86)74-49(28-26-46-25-27-47(48(70)36-46)69(71,72)73)64(94)85-33-21-24-51(85)62(92)77-68(29-17-18-30-68)67(97)83(12)53(35-43(4)5)60(90)75-50(63(93)84-31-19-20-32-84)38-56(87)81(10)52(34-42(2)3)61(91)76-59/h25,27,36,42-45,49-54,59H,13-24,26,28-35,37-41H2,1-12H3,(H,74,86)(H,75,90)(H,76,91)(H,77,92)/t44-,49-,50-,51?,52-,53-,54-,59-/m0/s1. The summed E-state index contributed by atoms with van der Waals surface area (Å²) < 4.78 is 56.0. The molecule has 1 aromatic rings. The van der Waals surface area contributed by atoms with Gasteiger partial charge in [0.05, 0.1) is 31.6 Å². The average Bonchev–Trinajstić information content (AvgIpc) is 1.73. The Morgan fingerprint density at radius 1 is 0.608 bits per heavy atom. The van der Waals surface area contributed by atoms with Gasteiger partial charge in [-0.25, -0.2) is 4.39 Å². The fourth-order valence-electron chi connectivity index (χ4n) is 14.2. The second-order valence-electron chi connectivity index (χ2n) is 28.7. The molecule has 3 aliphatic heterocycles. The van der Waals surface area contributed by atoms with Crippen LogP contribution in [-0.4, -0.2) is 239 Å². The van der Waals surface area contributed by atoms with Crippen LogP contribution in [0.25, 0.3) is 0 Å². The van der Waals surface area contributed by atoms with E-state index in [0.29, 0.717) is 63.7 Å². The van der Waals surface area contributed by atoms with Crippen LogP contribution in [0.15, 0.2) is 18.2 Å². The number of likely N-dealkylation sites (tertiary alicyclic amines) is 1. The fraction of sp³-hybridized carbons (Fsp3) is 0.739. The van der Waals surface area contributed by atoms with Crippen molar-refractivity contribution in [1.29, 1.82) is 0 Å². The van der Waals surface area contributed by atoms with Crippen LogP contribution >= 0.6 is 0 Å². The van der Waals surface area contributed by atoms with E-state index in [0.717, 1.165) is 52.9 Å². The Bertz CT molecular complexity index is 3010. The fourth-order valence-corrected chi connectivity index (χ4v) is 14.2. The van der Waals surface area contributed by atoms with Crippen molar-refractivity contribution in [3.8, 4) is 0 Å². The minimum atomic E-state index is -5.00. The van der Waals surface area contributed by atoms with Gasteiger partial charge in [0.1, 0.15) is 53.6 Å². The molecule has 5 fully saturated rings. The number of likely N-dealkylation sites (N-methyl/N-ethyl adjacent to an activating group) is 6. The Morgan fingerprint density at radius 3 is 1.77 bits per heavy atom. The van der Waals surface area contributed by atoms with Gasteiger partial charge in [0.15, 0.2) is 0 Å². The third kappa shape index (κ3) is 20.6. The highest BCUT2D eigenvalue weighted by Crippen LogP contribution is 2.36. The van der Waals surface area contributed by atoms with Crippen molar-refractivity contribution in [2.24, 2.45) is 23.7 Å². The van der Waals surface area contributed by atoms with E-state index >= 15 is 18.8 Å². The van der Waals surface area contributed by atoms with Gasteiger partial charge in [-0.05, 0) is 112 Å². The van der Waals surface area contributed by atoms with Crippen LogP contribution in [0.5, 0.6) is 0 Å². The molecule has 2 aliphatic carbocycles. The molecule has 0 aromatic heterocycles. The summed E-state index contributed by atoms with van der Waals surface area (Å²) in [6.07, 6.45) is 1.88. The molecule has 542 valence electrons. The maximum absolute atomic E-state index is 15.3. The molecule has 3 saturated heterocycles. The second-order valence-corrected chi connectivity index (χ2v) is 28.7. The van der Waals surface area contributed by atoms with Gasteiger partial charge in [-0.15, -0.1) is 0 Å². The average molecular weight is 1370 g/mol. The Hall–Kier alpha value is -7.42. The molecule has 97 heavy (non-hydrogen) atoms. The number of hydrogen-bond acceptors (Lipinski definition) is 12. The number of alkyl halides is 3. The van der Waals surface area contributed by atoms with E-state index in [1.165, 1.54) is 61.9 Å². The zero-order valence-electron chi connectivity index (χ0n) is 59.0. The van der Waals surface area contributed by atoms with Crippen LogP contribution in [-0.2, 0) is 70.1 Å². The van der Waals surface area contributed by atoms with Gasteiger partial charge >= 0.3 is 6.18 Å². The zero-order chi connectivity index (χ0) is 72.0. The van der Waals surface area contributed by atoms with Gasteiger partial charge in [0, 0.05) is 61.9 Å². The molecule has 28 heteroatoms. The predicted molar refractivity (Wildman–Crippen MR) is 352 cm³/mol. The Labute approximate surface area is 568 Å². The van der Waals surface area contributed by atoms with E-state index in [-0.39, 0.29) is 81.2 Å². The number of carbonyl (C=O) groups excluding carboxylic acids is 12. The summed E-state index contributed by atoms with van der Waals surface area (Å²) in [4.78, 5) is 186. The number of amides is 12. The van der Waals surface area contributed by atoms with Crippen molar-refractivity contribution in [2.45, 2.75) is 224 Å². The van der Waals surface area contributed by atoms with Crippen molar-refractivity contribution in [2.75, 3.05) is 81.6 Å². The van der Waals surface area contributed by atoms with Crippen LogP contribution in [0.3, 0.4) is 0 Å². The lowest BCUT2D eigenvalue weighted by Gasteiger charge is -2.39. The smallest absolute Gasteiger partial charge is 0.343 e. The summed E-state index contributed by atoms with van der Waals surface area (Å²) >= 11 is 0. The number of halogens is 4. The molecule has 0 radical (unpaired) electrons. The molecule has 5 aliphatic rings. The first-order valence-corrected chi connectivity index (χ1v) is 34.8. The lowest BCUT2D eigenvalue weighted by Crippen LogP contribution is -2.64. The maximum atomic E-state index is 15.3. The number of rotatable bonds is 12. The highest BCUT2D eigenvalue weighted by Gasteiger charge is 2.50. The quantitative estimate of drug-likeness (QED) is 0.208. The van der Waals surface area contributed by atoms with Crippen molar-refractivity contribution in [3.63, 3.8) is 0 Å². The van der Waals surface area contributed by atoms with Crippen molar-refractivity contribution < 1.29 is 75.1 Å². The van der Waals surface area contributed by atoms with Gasteiger partial charge in [0.25, 0.3) is 0 Å². The monoisotopic (exact) mass is 1370 g/mol. The van der Waals surface area contributed by atoms with E-state index in [2.05, 4.69) is 21.3 Å². The van der Waals surface area contributed by atoms with Crippen LogP contribution in [0.1, 0.15) is 175 Å². The summed E-state index contributed by atoms with van der Waals surface area (Å²) in [5.41, 5.74) is -3.05. The third-order valence-electron chi connectivity index (χ3n) is 20.3. The largest absolute Gasteiger partial charge is 0.419 e. The lowest BCUT2D eigenvalue weighted by molar-refractivity contribution is -0.150. The summed E-state index contributed by atoms with van der Waals surface area (Å²) in [6.45, 7) is 9.88. The Morgan fingerprint density at radius 2 is 1.19 bits per heavy atom. The normalized spacial score (nSPS) is 26.1. The number of nitrogens with zero attached hydrogens (tertiary/aromatic N) is 8. The highest BCUT2D eigenvalue weighted by atomic mass is 19.4. The topological polar surface area (TPSA) is 279 Å². The van der Waals surface area contributed by atoms with Crippen LogP contribution in [0.2, 0.25) is 0 Å². The van der Waals surface area contributed by atoms with Gasteiger partial charge in [0.2, 0.25) is 70.9 Å². The number of hydrogen-bond donors (Lipinski definition) is 4. The molecule has 3 heterocycles. The maximum Gasteiger partial charge on any atom is 0.419 e. The van der Waals surface area contributed by atoms with Crippen molar-refractivity contribution >= 4 is 70.9 Å². The molecule has 24 nitrogen and oxygen atoms in total. The van der Waals surface area contributed by atoms with Crippen LogP contribution in [0, 0.1) is 29.5 Å². The highest BCUT2D eigenvalue weighted by molar-refractivity contribution is 6.00. The third-order valence-corrected chi connectivity index (χ3v) is 20.3. The van der Waals surface area contributed by atoms with Crippen molar-refractivity contribution in [1.82, 2.24) is 60.5 Å². The molecule has 6 rings (SSSR count). The van der Waals surface area contributed by atoms with E-state index in [9.17, 15) is 56.3 Å². The molecular formula is C69H106F4N12O12. The van der Waals surface area contributed by atoms with Crippen molar-refractivity contribution in [3.05, 3.63) is 35.1 Å². The number of aryl methyl sites for hydroxylation is 1. The number of fused-ring (bicyclic) bond motifs is 1.